The summed E-state index contributed by atoms with van der Waals surface area (Å²) in [5, 5.41) is 5.30. The Morgan fingerprint density at radius 2 is 1.48 bits per heavy atom. The maximum atomic E-state index is 12.2. The minimum Gasteiger partial charge on any atom is -0.497 e. The molecule has 0 radical (unpaired) electrons. The van der Waals surface area contributed by atoms with E-state index in [2.05, 4.69) is 10.6 Å². The minimum atomic E-state index is -0.939. The molecular weight excluding hydrogens is 348 g/mol. The van der Waals surface area contributed by atoms with Gasteiger partial charge < -0.3 is 20.1 Å². The summed E-state index contributed by atoms with van der Waals surface area (Å²) >= 11 is 0. The van der Waals surface area contributed by atoms with Crippen molar-refractivity contribution >= 4 is 29.2 Å². The van der Waals surface area contributed by atoms with Crippen LogP contribution in [0.25, 0.3) is 0 Å². The summed E-state index contributed by atoms with van der Waals surface area (Å²) in [5.74, 6) is -0.414. The van der Waals surface area contributed by atoms with Crippen molar-refractivity contribution in [3.8, 4) is 5.75 Å². The number of amides is 2. The first-order valence-electron chi connectivity index (χ1n) is 8.38. The van der Waals surface area contributed by atoms with Gasteiger partial charge in [-0.15, -0.1) is 0 Å². The number of carbonyl (C=O) groups is 3. The Balaban J connectivity index is 1.84. The van der Waals surface area contributed by atoms with Crippen LogP contribution in [0, 0.1) is 0 Å². The van der Waals surface area contributed by atoms with Crippen molar-refractivity contribution in [2.45, 2.75) is 26.4 Å². The zero-order chi connectivity index (χ0) is 19.8. The van der Waals surface area contributed by atoms with Gasteiger partial charge in [-0.25, -0.2) is 0 Å². The first-order chi connectivity index (χ1) is 12.9. The van der Waals surface area contributed by atoms with Crippen molar-refractivity contribution in [1.82, 2.24) is 0 Å². The van der Waals surface area contributed by atoms with Gasteiger partial charge in [0.1, 0.15) is 5.75 Å². The number of hydrogen-bond donors (Lipinski definition) is 2. The fourth-order valence-electron chi connectivity index (χ4n) is 2.29. The maximum Gasteiger partial charge on any atom is 0.311 e. The zero-order valence-corrected chi connectivity index (χ0v) is 15.4. The molecule has 142 valence electrons. The van der Waals surface area contributed by atoms with Crippen LogP contribution in [0.1, 0.15) is 19.4 Å². The van der Waals surface area contributed by atoms with Gasteiger partial charge in [-0.2, -0.15) is 0 Å². The predicted molar refractivity (Wildman–Crippen MR) is 102 cm³/mol. The molecule has 0 spiro atoms. The quantitative estimate of drug-likeness (QED) is 0.731. The number of hydrogen-bond acceptors (Lipinski definition) is 5. The summed E-state index contributed by atoms with van der Waals surface area (Å²) in [5.41, 5.74) is 1.92. The van der Waals surface area contributed by atoms with Crippen LogP contribution in [0.4, 0.5) is 11.4 Å². The normalized spacial score (nSPS) is 11.2. The van der Waals surface area contributed by atoms with Gasteiger partial charge in [0.05, 0.1) is 13.5 Å². The van der Waals surface area contributed by atoms with E-state index < -0.39 is 18.0 Å². The van der Waals surface area contributed by atoms with Crippen LogP contribution in [0.3, 0.4) is 0 Å². The fraction of sp³-hybridized carbons (Fsp3) is 0.250. The second kappa shape index (κ2) is 9.38. The molecule has 0 saturated carbocycles. The third-order valence-corrected chi connectivity index (χ3v) is 3.66. The second-order valence-electron chi connectivity index (χ2n) is 5.90. The average molecular weight is 370 g/mol. The average Bonchev–Trinajstić information content (AvgIpc) is 2.63. The standard InChI is InChI=1S/C20H22N2O5/c1-13(27-19(24)12-15-4-10-18(26-3)11-5-15)20(25)22-17-8-6-16(7-9-17)21-14(2)23/h4-11,13H,12H2,1-3H3,(H,21,23)(H,22,25)/t13-/m0/s1. The molecule has 7 nitrogen and oxygen atoms in total. The van der Waals surface area contributed by atoms with Crippen LogP contribution >= 0.6 is 0 Å². The molecule has 0 aromatic heterocycles. The number of esters is 1. The molecule has 0 heterocycles. The monoisotopic (exact) mass is 370 g/mol. The molecule has 0 aliphatic carbocycles. The fourth-order valence-corrected chi connectivity index (χ4v) is 2.29. The third kappa shape index (κ3) is 6.47. The Kier molecular flexibility index (Phi) is 6.93. The van der Waals surface area contributed by atoms with Crippen LogP contribution in [0.2, 0.25) is 0 Å². The molecule has 2 rings (SSSR count). The maximum absolute atomic E-state index is 12.2. The van der Waals surface area contributed by atoms with Gasteiger partial charge in [0.2, 0.25) is 5.91 Å². The lowest BCUT2D eigenvalue weighted by Crippen LogP contribution is -2.30. The van der Waals surface area contributed by atoms with Gasteiger partial charge >= 0.3 is 5.97 Å². The van der Waals surface area contributed by atoms with Gasteiger partial charge in [0.25, 0.3) is 5.91 Å². The van der Waals surface area contributed by atoms with E-state index in [-0.39, 0.29) is 12.3 Å². The summed E-state index contributed by atoms with van der Waals surface area (Å²) in [6, 6.07) is 13.7. The number of methoxy groups -OCH3 is 1. The number of anilines is 2. The van der Waals surface area contributed by atoms with Crippen molar-refractivity contribution < 1.29 is 23.9 Å². The number of ether oxygens (including phenoxy) is 2. The van der Waals surface area contributed by atoms with E-state index >= 15 is 0 Å². The molecule has 7 heteroatoms. The minimum absolute atomic E-state index is 0.0625. The smallest absolute Gasteiger partial charge is 0.311 e. The van der Waals surface area contributed by atoms with E-state index in [1.807, 2.05) is 0 Å². The molecule has 1 atom stereocenters. The highest BCUT2D eigenvalue weighted by atomic mass is 16.5. The molecule has 0 bridgehead atoms. The number of nitrogens with one attached hydrogen (secondary N) is 2. The largest absolute Gasteiger partial charge is 0.497 e. The third-order valence-electron chi connectivity index (χ3n) is 3.66. The van der Waals surface area contributed by atoms with E-state index in [9.17, 15) is 14.4 Å². The molecule has 2 amide bonds. The zero-order valence-electron chi connectivity index (χ0n) is 15.4. The lowest BCUT2D eigenvalue weighted by atomic mass is 10.1. The number of carbonyl (C=O) groups excluding carboxylic acids is 3. The highest BCUT2D eigenvalue weighted by Gasteiger charge is 2.18. The Morgan fingerprint density at radius 3 is 2.00 bits per heavy atom. The first-order valence-corrected chi connectivity index (χ1v) is 8.38. The molecule has 2 aromatic rings. The van der Waals surface area contributed by atoms with Crippen molar-refractivity contribution in [2.75, 3.05) is 17.7 Å². The van der Waals surface area contributed by atoms with Crippen molar-refractivity contribution in [3.05, 3.63) is 54.1 Å². The lowest BCUT2D eigenvalue weighted by molar-refractivity contribution is -0.152. The molecule has 0 fully saturated rings. The van der Waals surface area contributed by atoms with Crippen molar-refractivity contribution in [2.24, 2.45) is 0 Å². The molecule has 0 aliphatic heterocycles. The molecule has 2 N–H and O–H groups in total. The Labute approximate surface area is 157 Å². The summed E-state index contributed by atoms with van der Waals surface area (Å²) < 4.78 is 10.2. The Hall–Kier alpha value is -3.35. The van der Waals surface area contributed by atoms with Gasteiger partial charge in [-0.05, 0) is 48.9 Å². The summed E-state index contributed by atoms with van der Waals surface area (Å²) in [6.45, 7) is 2.92. The Bertz CT molecular complexity index is 800. The van der Waals surface area contributed by atoms with Crippen LogP contribution in [-0.2, 0) is 25.5 Å². The molecule has 0 aliphatic rings. The highest BCUT2D eigenvalue weighted by molar-refractivity contribution is 5.95. The molecular formula is C20H22N2O5. The summed E-state index contributed by atoms with van der Waals surface area (Å²) in [6.07, 6.45) is -0.877. The SMILES string of the molecule is COc1ccc(CC(=O)O[C@@H](C)C(=O)Nc2ccc(NC(C)=O)cc2)cc1. The van der Waals surface area contributed by atoms with Crippen molar-refractivity contribution in [3.63, 3.8) is 0 Å². The lowest BCUT2D eigenvalue weighted by Gasteiger charge is -2.14. The van der Waals surface area contributed by atoms with E-state index in [1.54, 1.807) is 55.6 Å². The second-order valence-corrected chi connectivity index (χ2v) is 5.90. The van der Waals surface area contributed by atoms with Gasteiger partial charge in [0, 0.05) is 18.3 Å². The highest BCUT2D eigenvalue weighted by Crippen LogP contribution is 2.15. The number of benzene rings is 2. The molecule has 0 saturated heterocycles. The van der Waals surface area contributed by atoms with Gasteiger partial charge in [-0.1, -0.05) is 12.1 Å². The molecule has 2 aromatic carbocycles. The van der Waals surface area contributed by atoms with Crippen LogP contribution in [0.5, 0.6) is 5.75 Å². The summed E-state index contributed by atoms with van der Waals surface area (Å²) in [7, 11) is 1.57. The van der Waals surface area contributed by atoms with Crippen LogP contribution in [-0.4, -0.2) is 31.0 Å². The Morgan fingerprint density at radius 1 is 0.926 bits per heavy atom. The van der Waals surface area contributed by atoms with E-state index in [0.29, 0.717) is 17.1 Å². The summed E-state index contributed by atoms with van der Waals surface area (Å²) in [4.78, 5) is 35.2. The topological polar surface area (TPSA) is 93.7 Å². The van der Waals surface area contributed by atoms with E-state index in [0.717, 1.165) is 5.56 Å². The van der Waals surface area contributed by atoms with E-state index in [1.165, 1.54) is 13.8 Å². The van der Waals surface area contributed by atoms with Gasteiger partial charge in [-0.3, -0.25) is 14.4 Å². The molecule has 0 unspecified atom stereocenters. The van der Waals surface area contributed by atoms with Crippen LogP contribution < -0.4 is 15.4 Å². The number of rotatable bonds is 7. The van der Waals surface area contributed by atoms with Crippen LogP contribution in [0.15, 0.2) is 48.5 Å². The van der Waals surface area contributed by atoms with Gasteiger partial charge in [0.15, 0.2) is 6.10 Å². The predicted octanol–water partition coefficient (Wildman–Crippen LogP) is 2.77. The molecule has 27 heavy (non-hydrogen) atoms. The van der Waals surface area contributed by atoms with Crippen molar-refractivity contribution in [1.29, 1.82) is 0 Å². The van der Waals surface area contributed by atoms with E-state index in [4.69, 9.17) is 9.47 Å². The first kappa shape index (κ1) is 20.0.